The second-order valence-electron chi connectivity index (χ2n) is 5.45. The molecule has 0 bridgehead atoms. The fraction of sp³-hybridized carbons (Fsp3) is 0.588. The van der Waals surface area contributed by atoms with E-state index >= 15 is 0 Å². The van der Waals surface area contributed by atoms with Crippen molar-refractivity contribution in [1.82, 2.24) is 5.32 Å². The average Bonchev–Trinajstić information content (AvgIpc) is 2.56. The molecule has 0 unspecified atom stereocenters. The van der Waals surface area contributed by atoms with E-state index in [-0.39, 0.29) is 24.5 Å². The number of benzene rings is 1. The van der Waals surface area contributed by atoms with Gasteiger partial charge in [-0.15, -0.1) is 0 Å². The SMILES string of the molecule is CSCCCC[C@@H](CO)NC(=O)[C@H](CS)Cc1ccccc1. The summed E-state index contributed by atoms with van der Waals surface area (Å²) in [4.78, 5) is 12.4. The summed E-state index contributed by atoms with van der Waals surface area (Å²) in [5.41, 5.74) is 1.14. The molecule has 0 heterocycles. The van der Waals surface area contributed by atoms with Gasteiger partial charge in [-0.2, -0.15) is 24.4 Å². The van der Waals surface area contributed by atoms with Crippen molar-refractivity contribution in [2.45, 2.75) is 31.7 Å². The Bertz CT molecular complexity index is 414. The van der Waals surface area contributed by atoms with Crippen LogP contribution in [-0.4, -0.2) is 41.4 Å². The standard InChI is InChI=1S/C17H27NO2S2/c1-22-10-6-5-9-16(12-19)18-17(20)15(13-21)11-14-7-3-2-4-8-14/h2-4,7-8,15-16,19,21H,5-6,9-13H2,1H3,(H,18,20)/t15-,16-/m0/s1. The van der Waals surface area contributed by atoms with E-state index in [1.807, 2.05) is 42.1 Å². The topological polar surface area (TPSA) is 49.3 Å². The van der Waals surface area contributed by atoms with Gasteiger partial charge in [0, 0.05) is 5.75 Å². The molecule has 1 rings (SSSR count). The Morgan fingerprint density at radius 3 is 2.64 bits per heavy atom. The van der Waals surface area contributed by atoms with Crippen LogP contribution in [0.25, 0.3) is 0 Å². The monoisotopic (exact) mass is 341 g/mol. The van der Waals surface area contributed by atoms with E-state index in [9.17, 15) is 9.90 Å². The van der Waals surface area contributed by atoms with Crippen molar-refractivity contribution in [2.24, 2.45) is 5.92 Å². The number of hydrogen-bond donors (Lipinski definition) is 3. The van der Waals surface area contributed by atoms with Gasteiger partial charge in [0.05, 0.1) is 18.6 Å². The number of carbonyl (C=O) groups is 1. The highest BCUT2D eigenvalue weighted by Crippen LogP contribution is 2.12. The number of hydrogen-bond acceptors (Lipinski definition) is 4. The molecular weight excluding hydrogens is 314 g/mol. The van der Waals surface area contributed by atoms with E-state index in [0.717, 1.165) is 30.6 Å². The smallest absolute Gasteiger partial charge is 0.224 e. The van der Waals surface area contributed by atoms with E-state index in [1.165, 1.54) is 0 Å². The molecule has 0 spiro atoms. The summed E-state index contributed by atoms with van der Waals surface area (Å²) in [6.07, 6.45) is 5.74. The first-order valence-electron chi connectivity index (χ1n) is 7.76. The van der Waals surface area contributed by atoms with Crippen LogP contribution >= 0.6 is 24.4 Å². The van der Waals surface area contributed by atoms with Crippen LogP contribution in [0.3, 0.4) is 0 Å². The lowest BCUT2D eigenvalue weighted by Gasteiger charge is -2.20. The summed E-state index contributed by atoms with van der Waals surface area (Å²) in [6.45, 7) is -0.00433. The zero-order valence-corrected chi connectivity index (χ0v) is 14.9. The van der Waals surface area contributed by atoms with Gasteiger partial charge in [-0.05, 0) is 36.8 Å². The van der Waals surface area contributed by atoms with Gasteiger partial charge in [0.2, 0.25) is 5.91 Å². The fourth-order valence-electron chi connectivity index (χ4n) is 2.30. The molecular formula is C17H27NO2S2. The Kier molecular flexibility index (Phi) is 10.5. The molecule has 2 atom stereocenters. The number of aliphatic hydroxyl groups excluding tert-OH is 1. The van der Waals surface area contributed by atoms with Gasteiger partial charge in [-0.1, -0.05) is 36.8 Å². The Morgan fingerprint density at radius 1 is 1.32 bits per heavy atom. The summed E-state index contributed by atoms with van der Waals surface area (Å²) in [6, 6.07) is 9.82. The van der Waals surface area contributed by atoms with E-state index in [2.05, 4.69) is 24.2 Å². The molecule has 0 saturated heterocycles. The average molecular weight is 342 g/mol. The molecule has 0 saturated carbocycles. The van der Waals surface area contributed by atoms with Gasteiger partial charge in [0.15, 0.2) is 0 Å². The maximum atomic E-state index is 12.4. The van der Waals surface area contributed by atoms with Crippen LogP contribution in [0.5, 0.6) is 0 Å². The third-order valence-corrected chi connectivity index (χ3v) is 4.77. The first-order valence-corrected chi connectivity index (χ1v) is 9.78. The molecule has 0 aliphatic rings. The second-order valence-corrected chi connectivity index (χ2v) is 6.80. The van der Waals surface area contributed by atoms with Crippen LogP contribution in [0.15, 0.2) is 30.3 Å². The molecule has 1 aromatic carbocycles. The number of rotatable bonds is 11. The first kappa shape index (κ1) is 19.4. The third kappa shape index (κ3) is 7.56. The van der Waals surface area contributed by atoms with Gasteiger partial charge in [0.25, 0.3) is 0 Å². The van der Waals surface area contributed by atoms with E-state index in [1.54, 1.807) is 0 Å². The van der Waals surface area contributed by atoms with Crippen molar-refractivity contribution in [1.29, 1.82) is 0 Å². The molecule has 22 heavy (non-hydrogen) atoms. The first-order chi connectivity index (χ1) is 10.7. The Labute approximate surface area is 143 Å². The molecule has 3 nitrogen and oxygen atoms in total. The molecule has 0 aliphatic carbocycles. The summed E-state index contributed by atoms with van der Waals surface area (Å²) >= 11 is 6.13. The molecule has 0 radical (unpaired) electrons. The number of carbonyl (C=O) groups excluding carboxylic acids is 1. The minimum Gasteiger partial charge on any atom is -0.394 e. The maximum absolute atomic E-state index is 12.4. The van der Waals surface area contributed by atoms with Crippen LogP contribution in [0.2, 0.25) is 0 Å². The molecule has 1 aromatic rings. The van der Waals surface area contributed by atoms with Gasteiger partial charge in [0.1, 0.15) is 0 Å². The molecule has 5 heteroatoms. The van der Waals surface area contributed by atoms with Crippen LogP contribution in [0, 0.1) is 5.92 Å². The number of unbranched alkanes of at least 4 members (excludes halogenated alkanes) is 1. The van der Waals surface area contributed by atoms with Crippen molar-refractivity contribution in [3.63, 3.8) is 0 Å². The van der Waals surface area contributed by atoms with Crippen LogP contribution in [-0.2, 0) is 11.2 Å². The second kappa shape index (κ2) is 11.9. The predicted octanol–water partition coefficient (Wildman–Crippen LogP) is 2.79. The molecule has 0 aromatic heterocycles. The van der Waals surface area contributed by atoms with Crippen molar-refractivity contribution < 1.29 is 9.90 Å². The zero-order chi connectivity index (χ0) is 16.2. The maximum Gasteiger partial charge on any atom is 0.224 e. The molecule has 0 aliphatic heterocycles. The Morgan fingerprint density at radius 2 is 2.05 bits per heavy atom. The van der Waals surface area contributed by atoms with Crippen LogP contribution < -0.4 is 5.32 Å². The Hall–Kier alpha value is -0.650. The quantitative estimate of drug-likeness (QED) is 0.428. The Balaban J connectivity index is 2.45. The number of amides is 1. The van der Waals surface area contributed by atoms with Crippen LogP contribution in [0.4, 0.5) is 0 Å². The molecule has 124 valence electrons. The van der Waals surface area contributed by atoms with Crippen molar-refractivity contribution in [2.75, 3.05) is 24.4 Å². The predicted molar refractivity (Wildman–Crippen MR) is 98.7 cm³/mol. The third-order valence-electron chi connectivity index (χ3n) is 3.63. The van der Waals surface area contributed by atoms with Gasteiger partial charge >= 0.3 is 0 Å². The normalized spacial score (nSPS) is 13.6. The largest absolute Gasteiger partial charge is 0.394 e. The minimum atomic E-state index is -0.161. The van der Waals surface area contributed by atoms with Crippen molar-refractivity contribution in [3.05, 3.63) is 35.9 Å². The van der Waals surface area contributed by atoms with E-state index in [4.69, 9.17) is 0 Å². The van der Waals surface area contributed by atoms with Gasteiger partial charge in [-0.3, -0.25) is 4.79 Å². The zero-order valence-electron chi connectivity index (χ0n) is 13.2. The van der Waals surface area contributed by atoms with Gasteiger partial charge < -0.3 is 10.4 Å². The summed E-state index contributed by atoms with van der Waals surface area (Å²) < 4.78 is 0. The summed E-state index contributed by atoms with van der Waals surface area (Å²) in [5.74, 6) is 1.46. The van der Waals surface area contributed by atoms with E-state index < -0.39 is 0 Å². The minimum absolute atomic E-state index is 0.00433. The summed E-state index contributed by atoms with van der Waals surface area (Å²) in [7, 11) is 0. The number of aliphatic hydroxyl groups is 1. The highest BCUT2D eigenvalue weighted by Gasteiger charge is 2.20. The molecule has 2 N–H and O–H groups in total. The highest BCUT2D eigenvalue weighted by atomic mass is 32.2. The van der Waals surface area contributed by atoms with E-state index in [0.29, 0.717) is 12.2 Å². The summed E-state index contributed by atoms with van der Waals surface area (Å²) in [5, 5.41) is 12.4. The molecule has 1 amide bonds. The van der Waals surface area contributed by atoms with Crippen LogP contribution in [0.1, 0.15) is 24.8 Å². The lowest BCUT2D eigenvalue weighted by atomic mass is 9.99. The lowest BCUT2D eigenvalue weighted by Crippen LogP contribution is -2.42. The fourth-order valence-corrected chi connectivity index (χ4v) is 3.09. The molecule has 0 fully saturated rings. The number of thiol groups is 1. The lowest BCUT2D eigenvalue weighted by molar-refractivity contribution is -0.125. The number of thioether (sulfide) groups is 1. The van der Waals surface area contributed by atoms with Crippen molar-refractivity contribution >= 4 is 30.3 Å². The van der Waals surface area contributed by atoms with Gasteiger partial charge in [-0.25, -0.2) is 0 Å². The number of nitrogens with one attached hydrogen (secondary N) is 1. The van der Waals surface area contributed by atoms with Crippen molar-refractivity contribution in [3.8, 4) is 0 Å². The highest BCUT2D eigenvalue weighted by molar-refractivity contribution is 7.98.